The van der Waals surface area contributed by atoms with E-state index in [9.17, 15) is 23.3 Å². The molecule has 2 aromatic rings. The van der Waals surface area contributed by atoms with Crippen molar-refractivity contribution in [3.05, 3.63) is 64.2 Å². The van der Waals surface area contributed by atoms with Gasteiger partial charge in [0.15, 0.2) is 0 Å². The van der Waals surface area contributed by atoms with Crippen molar-refractivity contribution in [2.75, 3.05) is 25.2 Å². The SMILES string of the molecule is CN(C)S(=O)(=O)c1ccc(NC(=O)CSCc2ccc([N+](=O)[O-])cc2)cc1. The molecule has 0 saturated heterocycles. The van der Waals surface area contributed by atoms with Crippen LogP contribution in [0.2, 0.25) is 0 Å². The zero-order valence-electron chi connectivity index (χ0n) is 14.8. The third kappa shape index (κ3) is 5.78. The zero-order valence-corrected chi connectivity index (χ0v) is 16.4. The molecule has 0 fully saturated rings. The smallest absolute Gasteiger partial charge is 0.269 e. The monoisotopic (exact) mass is 409 g/mol. The minimum Gasteiger partial charge on any atom is -0.325 e. The molecule has 0 unspecified atom stereocenters. The van der Waals surface area contributed by atoms with Crippen molar-refractivity contribution in [1.29, 1.82) is 0 Å². The summed E-state index contributed by atoms with van der Waals surface area (Å²) in [6.07, 6.45) is 0. The minimum atomic E-state index is -3.50. The number of rotatable bonds is 8. The number of non-ortho nitro benzene ring substituents is 1. The molecule has 0 bridgehead atoms. The predicted molar refractivity (Wildman–Crippen MR) is 105 cm³/mol. The van der Waals surface area contributed by atoms with Gasteiger partial charge >= 0.3 is 0 Å². The highest BCUT2D eigenvalue weighted by molar-refractivity contribution is 7.99. The highest BCUT2D eigenvalue weighted by atomic mass is 32.2. The van der Waals surface area contributed by atoms with Gasteiger partial charge in [-0.25, -0.2) is 12.7 Å². The Balaban J connectivity index is 1.84. The standard InChI is InChI=1S/C17H19N3O5S2/c1-19(2)27(24,25)16-9-5-14(6-10-16)18-17(21)12-26-11-13-3-7-15(8-4-13)20(22)23/h3-10H,11-12H2,1-2H3,(H,18,21). The van der Waals surface area contributed by atoms with Crippen molar-refractivity contribution in [2.24, 2.45) is 0 Å². The van der Waals surface area contributed by atoms with Crippen LogP contribution in [-0.2, 0) is 20.6 Å². The maximum atomic E-state index is 12.0. The molecule has 0 radical (unpaired) electrons. The molecule has 0 heterocycles. The first kappa shape index (κ1) is 20.9. The van der Waals surface area contributed by atoms with Gasteiger partial charge in [-0.15, -0.1) is 11.8 Å². The molecule has 8 nitrogen and oxygen atoms in total. The Labute approximate surface area is 161 Å². The predicted octanol–water partition coefficient (Wildman–Crippen LogP) is 2.72. The number of carbonyl (C=O) groups excluding carboxylic acids is 1. The van der Waals surface area contributed by atoms with Crippen LogP contribution in [0, 0.1) is 10.1 Å². The maximum Gasteiger partial charge on any atom is 0.269 e. The van der Waals surface area contributed by atoms with Crippen LogP contribution in [0.25, 0.3) is 0 Å². The molecular formula is C17H19N3O5S2. The number of thioether (sulfide) groups is 1. The van der Waals surface area contributed by atoms with Gasteiger partial charge in [-0.1, -0.05) is 12.1 Å². The van der Waals surface area contributed by atoms with Crippen LogP contribution in [0.4, 0.5) is 11.4 Å². The third-order valence-electron chi connectivity index (χ3n) is 3.57. The van der Waals surface area contributed by atoms with Crippen molar-refractivity contribution < 1.29 is 18.1 Å². The zero-order chi connectivity index (χ0) is 20.0. The lowest BCUT2D eigenvalue weighted by atomic mass is 10.2. The summed E-state index contributed by atoms with van der Waals surface area (Å²) in [6.45, 7) is 0. The average Bonchev–Trinajstić information content (AvgIpc) is 2.62. The van der Waals surface area contributed by atoms with Crippen molar-refractivity contribution >= 4 is 39.1 Å². The number of nitro benzene ring substituents is 1. The summed E-state index contributed by atoms with van der Waals surface area (Å²) >= 11 is 1.37. The summed E-state index contributed by atoms with van der Waals surface area (Å²) < 4.78 is 25.1. The van der Waals surface area contributed by atoms with Crippen LogP contribution in [0.5, 0.6) is 0 Å². The normalized spacial score (nSPS) is 11.4. The molecule has 0 saturated carbocycles. The summed E-state index contributed by atoms with van der Waals surface area (Å²) in [5.41, 5.74) is 1.42. The second kappa shape index (κ2) is 8.98. The number of amides is 1. The Kier molecular flexibility index (Phi) is 6.94. The van der Waals surface area contributed by atoms with Gasteiger partial charge in [0.1, 0.15) is 0 Å². The molecule has 1 amide bonds. The third-order valence-corrected chi connectivity index (χ3v) is 6.40. The molecule has 10 heteroatoms. The van der Waals surface area contributed by atoms with Crippen LogP contribution >= 0.6 is 11.8 Å². The number of nitrogens with one attached hydrogen (secondary N) is 1. The van der Waals surface area contributed by atoms with Gasteiger partial charge in [0.05, 0.1) is 15.6 Å². The molecule has 0 aliphatic heterocycles. The minimum absolute atomic E-state index is 0.0289. The second-order valence-corrected chi connectivity index (χ2v) is 8.91. The fourth-order valence-corrected chi connectivity index (χ4v) is 3.78. The number of anilines is 1. The Hall–Kier alpha value is -2.43. The number of benzene rings is 2. The Bertz CT molecular complexity index is 911. The van der Waals surface area contributed by atoms with E-state index in [1.54, 1.807) is 12.1 Å². The van der Waals surface area contributed by atoms with Gasteiger partial charge in [0, 0.05) is 37.7 Å². The summed E-state index contributed by atoms with van der Waals surface area (Å²) in [5.74, 6) is 0.533. The van der Waals surface area contributed by atoms with Gasteiger partial charge in [0.2, 0.25) is 15.9 Å². The topological polar surface area (TPSA) is 110 Å². The average molecular weight is 409 g/mol. The van der Waals surface area contributed by atoms with Gasteiger partial charge in [-0.3, -0.25) is 14.9 Å². The van der Waals surface area contributed by atoms with E-state index >= 15 is 0 Å². The number of sulfonamides is 1. The van der Waals surface area contributed by atoms with E-state index in [1.807, 2.05) is 0 Å². The number of nitrogens with zero attached hydrogens (tertiary/aromatic N) is 2. The lowest BCUT2D eigenvalue weighted by molar-refractivity contribution is -0.384. The second-order valence-electron chi connectivity index (χ2n) is 5.78. The Morgan fingerprint density at radius 2 is 1.70 bits per heavy atom. The van der Waals surface area contributed by atoms with Gasteiger partial charge < -0.3 is 5.32 Å². The fraction of sp³-hybridized carbons (Fsp3) is 0.235. The molecule has 144 valence electrons. The molecular weight excluding hydrogens is 390 g/mol. The first-order chi connectivity index (χ1) is 12.7. The highest BCUT2D eigenvalue weighted by Crippen LogP contribution is 2.19. The van der Waals surface area contributed by atoms with Crippen LogP contribution in [0.1, 0.15) is 5.56 Å². The van der Waals surface area contributed by atoms with E-state index in [1.165, 1.54) is 62.3 Å². The largest absolute Gasteiger partial charge is 0.325 e. The molecule has 2 rings (SSSR count). The number of hydrogen-bond donors (Lipinski definition) is 1. The molecule has 2 aromatic carbocycles. The van der Waals surface area contributed by atoms with Gasteiger partial charge in [-0.05, 0) is 29.8 Å². The Morgan fingerprint density at radius 1 is 1.11 bits per heavy atom. The van der Waals surface area contributed by atoms with Crippen LogP contribution in [0.15, 0.2) is 53.4 Å². The highest BCUT2D eigenvalue weighted by Gasteiger charge is 2.16. The van der Waals surface area contributed by atoms with Crippen molar-refractivity contribution in [1.82, 2.24) is 4.31 Å². The summed E-state index contributed by atoms with van der Waals surface area (Å²) in [7, 11) is -0.598. The van der Waals surface area contributed by atoms with Crippen LogP contribution in [-0.4, -0.2) is 43.4 Å². The Morgan fingerprint density at radius 3 is 2.22 bits per heavy atom. The van der Waals surface area contributed by atoms with Gasteiger partial charge in [-0.2, -0.15) is 0 Å². The van der Waals surface area contributed by atoms with E-state index in [0.717, 1.165) is 9.87 Å². The lowest BCUT2D eigenvalue weighted by Gasteiger charge is -2.12. The summed E-state index contributed by atoms with van der Waals surface area (Å²) in [6, 6.07) is 12.1. The molecule has 0 spiro atoms. The molecule has 0 aliphatic carbocycles. The summed E-state index contributed by atoms with van der Waals surface area (Å²) in [4.78, 5) is 22.3. The first-order valence-corrected chi connectivity index (χ1v) is 10.4. The quantitative estimate of drug-likeness (QED) is 0.530. The number of nitro groups is 1. The molecule has 0 atom stereocenters. The van der Waals surface area contributed by atoms with E-state index in [0.29, 0.717) is 11.4 Å². The number of hydrogen-bond acceptors (Lipinski definition) is 6. The van der Waals surface area contributed by atoms with E-state index < -0.39 is 14.9 Å². The fourth-order valence-electron chi connectivity index (χ4n) is 2.09. The van der Waals surface area contributed by atoms with Crippen molar-refractivity contribution in [3.63, 3.8) is 0 Å². The number of carbonyl (C=O) groups is 1. The molecule has 27 heavy (non-hydrogen) atoms. The molecule has 1 N–H and O–H groups in total. The molecule has 0 aromatic heterocycles. The van der Waals surface area contributed by atoms with Crippen molar-refractivity contribution in [3.8, 4) is 0 Å². The van der Waals surface area contributed by atoms with E-state index in [-0.39, 0.29) is 22.2 Å². The maximum absolute atomic E-state index is 12.0. The van der Waals surface area contributed by atoms with E-state index in [4.69, 9.17) is 0 Å². The van der Waals surface area contributed by atoms with Gasteiger partial charge in [0.25, 0.3) is 5.69 Å². The van der Waals surface area contributed by atoms with Crippen molar-refractivity contribution in [2.45, 2.75) is 10.6 Å². The molecule has 0 aliphatic rings. The lowest BCUT2D eigenvalue weighted by Crippen LogP contribution is -2.22. The van der Waals surface area contributed by atoms with E-state index in [2.05, 4.69) is 5.32 Å². The van der Waals surface area contributed by atoms with Crippen LogP contribution < -0.4 is 5.32 Å². The first-order valence-electron chi connectivity index (χ1n) is 7.83. The summed E-state index contributed by atoms with van der Waals surface area (Å²) in [5, 5.41) is 13.3. The van der Waals surface area contributed by atoms with Crippen LogP contribution in [0.3, 0.4) is 0 Å².